The lowest BCUT2D eigenvalue weighted by Crippen LogP contribution is -2.01. The first kappa shape index (κ1) is 10.5. The summed E-state index contributed by atoms with van der Waals surface area (Å²) in [6.45, 7) is 0. The molecule has 0 spiro atoms. The number of hydrogen-bond acceptors (Lipinski definition) is 3. The molecule has 0 heterocycles. The second-order valence-corrected chi connectivity index (χ2v) is 4.87. The molecule has 6 heteroatoms. The maximum atomic E-state index is 10.5. The molecule has 4 nitrogen and oxygen atoms in total. The Hall–Kier alpha value is -0.590. The molecule has 72 valence electrons. The standard InChI is InChI=1S/C7H7BrO4S/c8-6-1-2-7(9)5(3-6)4-13(10,11)12/h1-3,9H,4H2,(H,10,11,12). The van der Waals surface area contributed by atoms with Crippen LogP contribution in [0.15, 0.2) is 22.7 Å². The number of halogens is 1. The Morgan fingerprint density at radius 3 is 2.54 bits per heavy atom. The molecule has 0 atom stereocenters. The molecule has 0 aliphatic heterocycles. The van der Waals surface area contributed by atoms with Crippen molar-refractivity contribution >= 4 is 26.0 Å². The third-order valence-corrected chi connectivity index (χ3v) is 2.55. The minimum atomic E-state index is -4.10. The zero-order valence-corrected chi connectivity index (χ0v) is 8.84. The fraction of sp³-hybridized carbons (Fsp3) is 0.143. The molecule has 2 N–H and O–H groups in total. The van der Waals surface area contributed by atoms with Gasteiger partial charge in [-0.3, -0.25) is 4.55 Å². The van der Waals surface area contributed by atoms with Crippen LogP contribution in [0.2, 0.25) is 0 Å². The van der Waals surface area contributed by atoms with E-state index in [1.165, 1.54) is 12.1 Å². The molecule has 0 aliphatic rings. The molecular formula is C7H7BrO4S. The lowest BCUT2D eigenvalue weighted by atomic mass is 10.2. The molecule has 0 fully saturated rings. The first-order chi connectivity index (χ1) is 5.88. The van der Waals surface area contributed by atoms with Gasteiger partial charge in [-0.05, 0) is 18.2 Å². The van der Waals surface area contributed by atoms with Gasteiger partial charge >= 0.3 is 0 Å². The van der Waals surface area contributed by atoms with Gasteiger partial charge in [-0.2, -0.15) is 8.42 Å². The Balaban J connectivity index is 3.08. The molecule has 1 aromatic rings. The highest BCUT2D eigenvalue weighted by atomic mass is 79.9. The van der Waals surface area contributed by atoms with Gasteiger partial charge in [0, 0.05) is 10.0 Å². The van der Waals surface area contributed by atoms with Crippen molar-refractivity contribution in [2.24, 2.45) is 0 Å². The molecule has 13 heavy (non-hydrogen) atoms. The van der Waals surface area contributed by atoms with Crippen molar-refractivity contribution in [3.8, 4) is 5.75 Å². The molecule has 0 unspecified atom stereocenters. The van der Waals surface area contributed by atoms with Crippen LogP contribution in [-0.4, -0.2) is 18.1 Å². The summed E-state index contributed by atoms with van der Waals surface area (Å²) in [4.78, 5) is 0. The first-order valence-corrected chi connectivity index (χ1v) is 5.71. The number of hydrogen-bond donors (Lipinski definition) is 2. The summed E-state index contributed by atoms with van der Waals surface area (Å²) >= 11 is 3.12. The largest absolute Gasteiger partial charge is 0.508 e. The highest BCUT2D eigenvalue weighted by Crippen LogP contribution is 2.23. The van der Waals surface area contributed by atoms with Gasteiger partial charge in [-0.1, -0.05) is 15.9 Å². The molecule has 0 saturated carbocycles. The van der Waals surface area contributed by atoms with Crippen LogP contribution in [0.3, 0.4) is 0 Å². The third kappa shape index (κ3) is 3.33. The van der Waals surface area contributed by atoms with E-state index in [-0.39, 0.29) is 11.3 Å². The molecule has 0 saturated heterocycles. The zero-order valence-electron chi connectivity index (χ0n) is 6.44. The molecular weight excluding hydrogens is 260 g/mol. The van der Waals surface area contributed by atoms with E-state index >= 15 is 0 Å². The van der Waals surface area contributed by atoms with Gasteiger partial charge in [0.1, 0.15) is 11.5 Å². The normalized spacial score (nSPS) is 11.5. The number of aromatic hydroxyl groups is 1. The molecule has 0 aromatic heterocycles. The average Bonchev–Trinajstić information content (AvgIpc) is 1.94. The molecule has 0 bridgehead atoms. The van der Waals surface area contributed by atoms with E-state index in [0.717, 1.165) is 0 Å². The predicted octanol–water partition coefficient (Wildman–Crippen LogP) is 1.54. The maximum Gasteiger partial charge on any atom is 0.269 e. The topological polar surface area (TPSA) is 74.6 Å². The smallest absolute Gasteiger partial charge is 0.269 e. The van der Waals surface area contributed by atoms with Gasteiger partial charge in [0.05, 0.1) is 0 Å². The number of phenols is 1. The van der Waals surface area contributed by atoms with Crippen molar-refractivity contribution in [3.63, 3.8) is 0 Å². The molecule has 0 radical (unpaired) electrons. The SMILES string of the molecule is O=S(=O)(O)Cc1cc(Br)ccc1O. The van der Waals surface area contributed by atoms with Gasteiger partial charge in [0.25, 0.3) is 10.1 Å². The molecule has 0 amide bonds. The van der Waals surface area contributed by atoms with E-state index in [1.54, 1.807) is 6.07 Å². The Kier molecular flexibility index (Phi) is 2.94. The Morgan fingerprint density at radius 1 is 1.38 bits per heavy atom. The van der Waals surface area contributed by atoms with Crippen molar-refractivity contribution in [1.29, 1.82) is 0 Å². The first-order valence-electron chi connectivity index (χ1n) is 3.31. The van der Waals surface area contributed by atoms with E-state index < -0.39 is 15.9 Å². The van der Waals surface area contributed by atoms with Crippen LogP contribution in [0.4, 0.5) is 0 Å². The zero-order chi connectivity index (χ0) is 10.1. The second kappa shape index (κ2) is 3.65. The van der Waals surface area contributed by atoms with Crippen molar-refractivity contribution < 1.29 is 18.1 Å². The summed E-state index contributed by atoms with van der Waals surface area (Å²) in [5.74, 6) is -0.737. The van der Waals surface area contributed by atoms with Crippen LogP contribution in [0.5, 0.6) is 5.75 Å². The van der Waals surface area contributed by atoms with E-state index in [4.69, 9.17) is 4.55 Å². The fourth-order valence-corrected chi connectivity index (χ4v) is 1.90. The molecule has 0 aliphatic carbocycles. The van der Waals surface area contributed by atoms with Crippen molar-refractivity contribution in [1.82, 2.24) is 0 Å². The van der Waals surface area contributed by atoms with E-state index in [1.807, 2.05) is 0 Å². The summed E-state index contributed by atoms with van der Waals surface area (Å²) in [5.41, 5.74) is 0.164. The van der Waals surface area contributed by atoms with E-state index in [2.05, 4.69) is 15.9 Å². The third-order valence-electron chi connectivity index (χ3n) is 1.38. The Morgan fingerprint density at radius 2 is 2.00 bits per heavy atom. The van der Waals surface area contributed by atoms with Crippen LogP contribution in [0.25, 0.3) is 0 Å². The number of benzene rings is 1. The average molecular weight is 267 g/mol. The summed E-state index contributed by atoms with van der Waals surface area (Å²) in [6.07, 6.45) is 0. The minimum absolute atomic E-state index is 0.152. The molecule has 1 aromatic carbocycles. The molecule has 1 rings (SSSR count). The maximum absolute atomic E-state index is 10.5. The summed E-state index contributed by atoms with van der Waals surface area (Å²) in [5, 5.41) is 9.20. The Labute approximate surface area is 84.1 Å². The monoisotopic (exact) mass is 266 g/mol. The highest BCUT2D eigenvalue weighted by molar-refractivity contribution is 9.10. The van der Waals surface area contributed by atoms with Crippen LogP contribution in [0, 0.1) is 0 Å². The van der Waals surface area contributed by atoms with Crippen LogP contribution in [-0.2, 0) is 15.9 Å². The number of phenolic OH excluding ortho intramolecular Hbond substituents is 1. The number of rotatable bonds is 2. The van der Waals surface area contributed by atoms with Crippen molar-refractivity contribution in [3.05, 3.63) is 28.2 Å². The van der Waals surface area contributed by atoms with E-state index in [0.29, 0.717) is 4.47 Å². The van der Waals surface area contributed by atoms with Gasteiger partial charge < -0.3 is 5.11 Å². The lowest BCUT2D eigenvalue weighted by Gasteiger charge is -2.02. The fourth-order valence-electron chi connectivity index (χ4n) is 0.866. The van der Waals surface area contributed by atoms with Crippen LogP contribution in [0.1, 0.15) is 5.56 Å². The van der Waals surface area contributed by atoms with Gasteiger partial charge in [0.15, 0.2) is 0 Å². The summed E-state index contributed by atoms with van der Waals surface area (Å²) in [6, 6.07) is 4.36. The van der Waals surface area contributed by atoms with Gasteiger partial charge in [-0.25, -0.2) is 0 Å². The lowest BCUT2D eigenvalue weighted by molar-refractivity contribution is 0.461. The van der Waals surface area contributed by atoms with Crippen LogP contribution < -0.4 is 0 Å². The highest BCUT2D eigenvalue weighted by Gasteiger charge is 2.10. The predicted molar refractivity (Wildman–Crippen MR) is 51.1 cm³/mol. The quantitative estimate of drug-likeness (QED) is 0.797. The van der Waals surface area contributed by atoms with Crippen LogP contribution >= 0.6 is 15.9 Å². The Bertz CT molecular complexity index is 413. The summed E-state index contributed by atoms with van der Waals surface area (Å²) < 4.78 is 30.2. The minimum Gasteiger partial charge on any atom is -0.508 e. The van der Waals surface area contributed by atoms with Gasteiger partial charge in [0.2, 0.25) is 0 Å². The van der Waals surface area contributed by atoms with Crippen molar-refractivity contribution in [2.45, 2.75) is 5.75 Å². The van der Waals surface area contributed by atoms with Crippen molar-refractivity contribution in [2.75, 3.05) is 0 Å². The van der Waals surface area contributed by atoms with E-state index in [9.17, 15) is 13.5 Å². The van der Waals surface area contributed by atoms with Gasteiger partial charge in [-0.15, -0.1) is 0 Å². The second-order valence-electron chi connectivity index (χ2n) is 2.50. The summed E-state index contributed by atoms with van der Waals surface area (Å²) in [7, 11) is -4.10.